The fraction of sp³-hybridized carbons (Fsp3) is 0.429. The Hall–Kier alpha value is -1.87. The number of nitrogens with zero attached hydrogens (tertiary/aromatic N) is 2. The first kappa shape index (κ1) is 22.4. The predicted molar refractivity (Wildman–Crippen MR) is 122 cm³/mol. The van der Waals surface area contributed by atoms with Gasteiger partial charge in [0.05, 0.1) is 19.8 Å². The van der Waals surface area contributed by atoms with Crippen LogP contribution in [0.1, 0.15) is 24.0 Å². The number of halogens is 1. The molecule has 0 saturated heterocycles. The van der Waals surface area contributed by atoms with Crippen LogP contribution in [0.3, 0.4) is 0 Å². The third-order valence-corrected chi connectivity index (χ3v) is 4.30. The van der Waals surface area contributed by atoms with Crippen molar-refractivity contribution in [3.05, 3.63) is 59.8 Å². The quantitative estimate of drug-likeness (QED) is 0.229. The first-order valence-corrected chi connectivity index (χ1v) is 9.47. The molecule has 1 saturated carbocycles. The first-order valence-electron chi connectivity index (χ1n) is 9.47. The van der Waals surface area contributed by atoms with E-state index in [-0.39, 0.29) is 24.0 Å². The Morgan fingerprint density at radius 1 is 1.14 bits per heavy atom. The maximum atomic E-state index is 5.73. The van der Waals surface area contributed by atoms with Gasteiger partial charge in [-0.05, 0) is 36.0 Å². The van der Waals surface area contributed by atoms with Gasteiger partial charge in [-0.25, -0.2) is 4.98 Å². The molecular formula is C21H29IN4O2. The second-order valence-electron chi connectivity index (χ2n) is 6.65. The average molecular weight is 496 g/mol. The van der Waals surface area contributed by atoms with E-state index in [1.807, 2.05) is 30.3 Å². The van der Waals surface area contributed by atoms with Crippen molar-refractivity contribution >= 4 is 29.9 Å². The van der Waals surface area contributed by atoms with Crippen LogP contribution >= 0.6 is 24.0 Å². The van der Waals surface area contributed by atoms with E-state index in [4.69, 9.17) is 9.47 Å². The molecule has 0 bridgehead atoms. The van der Waals surface area contributed by atoms with E-state index >= 15 is 0 Å². The molecule has 0 amide bonds. The maximum absolute atomic E-state index is 5.73. The fourth-order valence-corrected chi connectivity index (χ4v) is 2.54. The highest BCUT2D eigenvalue weighted by Gasteiger charge is 2.22. The van der Waals surface area contributed by atoms with Crippen molar-refractivity contribution in [2.24, 2.45) is 10.9 Å². The second kappa shape index (κ2) is 12.6. The Labute approximate surface area is 184 Å². The van der Waals surface area contributed by atoms with Crippen LogP contribution in [0.5, 0.6) is 5.88 Å². The van der Waals surface area contributed by atoms with E-state index in [0.717, 1.165) is 24.0 Å². The maximum Gasteiger partial charge on any atom is 0.213 e. The van der Waals surface area contributed by atoms with Crippen molar-refractivity contribution in [2.45, 2.75) is 26.0 Å². The monoisotopic (exact) mass is 496 g/mol. The molecule has 2 aromatic rings. The molecule has 0 atom stereocenters. The highest BCUT2D eigenvalue weighted by molar-refractivity contribution is 14.0. The number of benzene rings is 1. The molecule has 1 aromatic heterocycles. The molecule has 1 aromatic carbocycles. The fourth-order valence-electron chi connectivity index (χ4n) is 2.54. The minimum absolute atomic E-state index is 0. The summed E-state index contributed by atoms with van der Waals surface area (Å²) in [7, 11) is 1.76. The lowest BCUT2D eigenvalue weighted by Gasteiger charge is -2.13. The second-order valence-corrected chi connectivity index (χ2v) is 6.65. The van der Waals surface area contributed by atoms with Gasteiger partial charge in [0.15, 0.2) is 5.96 Å². The summed E-state index contributed by atoms with van der Waals surface area (Å²) in [5.41, 5.74) is 2.29. The van der Waals surface area contributed by atoms with Crippen molar-refractivity contribution in [1.29, 1.82) is 0 Å². The van der Waals surface area contributed by atoms with Gasteiger partial charge >= 0.3 is 0 Å². The van der Waals surface area contributed by atoms with Crippen LogP contribution in [-0.2, 0) is 17.9 Å². The molecule has 1 heterocycles. The Bertz CT molecular complexity index is 723. The SMILES string of the molecule is CN=C(NCCOCc1ccccc1)NCc1ccnc(OCC2CC2)c1.I. The van der Waals surface area contributed by atoms with Gasteiger partial charge in [-0.15, -0.1) is 24.0 Å². The zero-order valence-corrected chi connectivity index (χ0v) is 18.6. The number of nitrogens with one attached hydrogen (secondary N) is 2. The van der Waals surface area contributed by atoms with Crippen LogP contribution in [0.25, 0.3) is 0 Å². The van der Waals surface area contributed by atoms with E-state index in [0.29, 0.717) is 32.2 Å². The Kier molecular flexibility index (Phi) is 10.1. The molecule has 0 aliphatic heterocycles. The highest BCUT2D eigenvalue weighted by Crippen LogP contribution is 2.29. The van der Waals surface area contributed by atoms with E-state index in [1.165, 1.54) is 18.4 Å². The molecule has 0 unspecified atom stereocenters. The first-order chi connectivity index (χ1) is 13.3. The largest absolute Gasteiger partial charge is 0.477 e. The van der Waals surface area contributed by atoms with Crippen LogP contribution in [-0.4, -0.2) is 37.7 Å². The van der Waals surface area contributed by atoms with Crippen molar-refractivity contribution in [3.8, 4) is 5.88 Å². The van der Waals surface area contributed by atoms with Gasteiger partial charge in [0.2, 0.25) is 5.88 Å². The number of rotatable bonds is 10. The molecule has 28 heavy (non-hydrogen) atoms. The molecule has 2 N–H and O–H groups in total. The lowest BCUT2D eigenvalue weighted by molar-refractivity contribution is 0.125. The van der Waals surface area contributed by atoms with E-state index in [2.05, 4.69) is 32.7 Å². The molecule has 152 valence electrons. The van der Waals surface area contributed by atoms with E-state index in [1.54, 1.807) is 13.2 Å². The van der Waals surface area contributed by atoms with E-state index in [9.17, 15) is 0 Å². The number of hydrogen-bond acceptors (Lipinski definition) is 4. The third-order valence-electron chi connectivity index (χ3n) is 4.30. The summed E-state index contributed by atoms with van der Waals surface area (Å²) in [6, 6.07) is 14.1. The number of hydrogen-bond donors (Lipinski definition) is 2. The summed E-state index contributed by atoms with van der Waals surface area (Å²) in [4.78, 5) is 8.51. The molecule has 3 rings (SSSR count). The Morgan fingerprint density at radius 3 is 2.71 bits per heavy atom. The van der Waals surface area contributed by atoms with Gasteiger partial charge < -0.3 is 20.1 Å². The number of ether oxygens (including phenoxy) is 2. The molecule has 1 aliphatic carbocycles. The summed E-state index contributed by atoms with van der Waals surface area (Å²) < 4.78 is 11.4. The molecule has 0 radical (unpaired) electrons. The van der Waals surface area contributed by atoms with Gasteiger partial charge in [0.25, 0.3) is 0 Å². The van der Waals surface area contributed by atoms with Gasteiger partial charge in [0, 0.05) is 32.4 Å². The Morgan fingerprint density at radius 2 is 1.96 bits per heavy atom. The van der Waals surface area contributed by atoms with E-state index < -0.39 is 0 Å². The number of aromatic nitrogens is 1. The predicted octanol–water partition coefficient (Wildman–Crippen LogP) is 3.37. The van der Waals surface area contributed by atoms with Gasteiger partial charge in [-0.2, -0.15) is 0 Å². The molecule has 6 nitrogen and oxygen atoms in total. The van der Waals surface area contributed by atoms with Crippen molar-refractivity contribution in [2.75, 3.05) is 26.8 Å². The highest BCUT2D eigenvalue weighted by atomic mass is 127. The standard InChI is InChI=1S/C21H28N4O2.HI/c1-22-21(24-11-12-26-15-17-5-3-2-4-6-17)25-14-19-9-10-23-20(13-19)27-16-18-7-8-18;/h2-6,9-10,13,18H,7-8,11-12,14-16H2,1H3,(H2,22,24,25);1H. The van der Waals surface area contributed by atoms with Gasteiger partial charge in [-0.3, -0.25) is 4.99 Å². The third kappa shape index (κ3) is 8.43. The normalized spacial score (nSPS) is 13.5. The summed E-state index contributed by atoms with van der Waals surface area (Å²) in [5.74, 6) is 2.16. The number of guanidine groups is 1. The minimum Gasteiger partial charge on any atom is -0.477 e. The lowest BCUT2D eigenvalue weighted by atomic mass is 10.2. The smallest absolute Gasteiger partial charge is 0.213 e. The number of pyridine rings is 1. The average Bonchev–Trinajstić information content (AvgIpc) is 3.54. The van der Waals surface area contributed by atoms with Gasteiger partial charge in [0.1, 0.15) is 0 Å². The van der Waals surface area contributed by atoms with Crippen LogP contribution in [0.2, 0.25) is 0 Å². The zero-order chi connectivity index (χ0) is 18.7. The summed E-state index contributed by atoms with van der Waals surface area (Å²) in [5, 5.41) is 6.55. The van der Waals surface area contributed by atoms with Crippen LogP contribution in [0, 0.1) is 5.92 Å². The molecule has 1 aliphatic rings. The number of aliphatic imine (C=N–C) groups is 1. The summed E-state index contributed by atoms with van der Waals surface area (Å²) in [6.07, 6.45) is 4.34. The molecule has 7 heteroatoms. The Balaban J connectivity index is 0.00000280. The van der Waals surface area contributed by atoms with Crippen molar-refractivity contribution in [1.82, 2.24) is 15.6 Å². The zero-order valence-electron chi connectivity index (χ0n) is 16.3. The van der Waals surface area contributed by atoms with Crippen LogP contribution in [0.4, 0.5) is 0 Å². The summed E-state index contributed by atoms with van der Waals surface area (Å²) in [6.45, 7) is 3.36. The van der Waals surface area contributed by atoms with Crippen molar-refractivity contribution < 1.29 is 9.47 Å². The molecular weight excluding hydrogens is 467 g/mol. The van der Waals surface area contributed by atoms with Crippen LogP contribution in [0.15, 0.2) is 53.7 Å². The molecule has 0 spiro atoms. The molecule has 1 fully saturated rings. The minimum atomic E-state index is 0. The topological polar surface area (TPSA) is 67.8 Å². The lowest BCUT2D eigenvalue weighted by Crippen LogP contribution is -2.38. The van der Waals surface area contributed by atoms with Crippen molar-refractivity contribution in [3.63, 3.8) is 0 Å². The van der Waals surface area contributed by atoms with Crippen LogP contribution < -0.4 is 15.4 Å². The summed E-state index contributed by atoms with van der Waals surface area (Å²) >= 11 is 0. The van der Waals surface area contributed by atoms with Gasteiger partial charge in [-0.1, -0.05) is 30.3 Å².